The van der Waals surface area contributed by atoms with Crippen molar-refractivity contribution in [3.8, 4) is 11.5 Å². The predicted octanol–water partition coefficient (Wildman–Crippen LogP) is 5.00. The van der Waals surface area contributed by atoms with Gasteiger partial charge in [0.1, 0.15) is 11.5 Å². The maximum Gasteiger partial charge on any atom is 0.324 e. The monoisotopic (exact) mass is 495 g/mol. The van der Waals surface area contributed by atoms with Gasteiger partial charge in [0.2, 0.25) is 5.91 Å². The number of hydrogen-bond donors (Lipinski definition) is 1. The molecule has 0 aromatic heterocycles. The lowest BCUT2D eigenvalue weighted by Crippen LogP contribution is -2.49. The topological polar surface area (TPSA) is 71.1 Å². The molecule has 0 unspecified atom stereocenters. The predicted molar refractivity (Wildman–Crippen MR) is 132 cm³/mol. The fraction of sp³-hybridized carbons (Fsp3) is 0.259. The molecule has 1 N–H and O–H groups in total. The lowest BCUT2D eigenvalue weighted by molar-refractivity contribution is -0.115. The van der Waals surface area contributed by atoms with Crippen LogP contribution in [0.2, 0.25) is 0 Å². The fourth-order valence-electron chi connectivity index (χ4n) is 4.16. The standard InChI is InChI=1S/C27H27F2N3O4/c1-35-21-6-3-5-18(13-21)15-26(33)30-20-8-10-25(36-2)24(16-20)32-12-4-11-31(27(32)34)17-19-7-9-22(28)23(29)14-19/h3,5-10,13-14,16H,4,11-12,15,17H2,1-2H3,(H,30,33). The highest BCUT2D eigenvalue weighted by Crippen LogP contribution is 2.34. The lowest BCUT2D eigenvalue weighted by Gasteiger charge is -2.36. The van der Waals surface area contributed by atoms with Crippen LogP contribution in [0.15, 0.2) is 60.7 Å². The van der Waals surface area contributed by atoms with Gasteiger partial charge >= 0.3 is 6.03 Å². The van der Waals surface area contributed by atoms with E-state index in [4.69, 9.17) is 9.47 Å². The summed E-state index contributed by atoms with van der Waals surface area (Å²) in [6.07, 6.45) is 0.828. The molecule has 188 valence electrons. The molecule has 1 aliphatic rings. The molecule has 9 heteroatoms. The average molecular weight is 496 g/mol. The molecule has 1 heterocycles. The molecule has 3 amide bonds. The molecular weight excluding hydrogens is 468 g/mol. The zero-order chi connectivity index (χ0) is 25.7. The molecule has 4 rings (SSSR count). The minimum Gasteiger partial charge on any atom is -0.497 e. The number of carbonyl (C=O) groups excluding carboxylic acids is 2. The molecule has 0 radical (unpaired) electrons. The quantitative estimate of drug-likeness (QED) is 0.478. The number of anilines is 2. The summed E-state index contributed by atoms with van der Waals surface area (Å²) in [5.41, 5.74) is 2.33. The third kappa shape index (κ3) is 5.73. The van der Waals surface area contributed by atoms with E-state index in [-0.39, 0.29) is 24.9 Å². The first-order valence-corrected chi connectivity index (χ1v) is 11.5. The minimum atomic E-state index is -0.951. The van der Waals surface area contributed by atoms with Crippen LogP contribution < -0.4 is 19.7 Å². The molecule has 3 aromatic rings. The number of halogens is 2. The number of rotatable bonds is 8. The molecule has 3 aromatic carbocycles. The van der Waals surface area contributed by atoms with Gasteiger partial charge in [-0.05, 0) is 60.0 Å². The highest BCUT2D eigenvalue weighted by Gasteiger charge is 2.29. The van der Waals surface area contributed by atoms with Gasteiger partial charge < -0.3 is 19.7 Å². The number of amides is 3. The van der Waals surface area contributed by atoms with Gasteiger partial charge in [-0.25, -0.2) is 13.6 Å². The van der Waals surface area contributed by atoms with Crippen molar-refractivity contribution in [1.29, 1.82) is 0 Å². The van der Waals surface area contributed by atoms with Crippen molar-refractivity contribution in [3.63, 3.8) is 0 Å². The van der Waals surface area contributed by atoms with Crippen LogP contribution in [0.4, 0.5) is 25.0 Å². The Labute approximate surface area is 208 Å². The van der Waals surface area contributed by atoms with Gasteiger partial charge in [0.15, 0.2) is 11.6 Å². The van der Waals surface area contributed by atoms with Crippen molar-refractivity contribution >= 4 is 23.3 Å². The zero-order valence-electron chi connectivity index (χ0n) is 20.1. The summed E-state index contributed by atoms with van der Waals surface area (Å²) in [5, 5.41) is 2.87. The first kappa shape index (κ1) is 25.0. The van der Waals surface area contributed by atoms with E-state index in [9.17, 15) is 18.4 Å². The van der Waals surface area contributed by atoms with E-state index in [0.29, 0.717) is 47.9 Å². The molecule has 36 heavy (non-hydrogen) atoms. The minimum absolute atomic E-state index is 0.145. The summed E-state index contributed by atoms with van der Waals surface area (Å²) in [4.78, 5) is 29.1. The Bertz CT molecular complexity index is 1270. The van der Waals surface area contributed by atoms with Crippen LogP contribution in [-0.4, -0.2) is 44.1 Å². The van der Waals surface area contributed by atoms with Crippen molar-refractivity contribution in [3.05, 3.63) is 83.4 Å². The van der Waals surface area contributed by atoms with Crippen LogP contribution in [0.25, 0.3) is 0 Å². The Kier molecular flexibility index (Phi) is 7.68. The van der Waals surface area contributed by atoms with Crippen LogP contribution >= 0.6 is 0 Å². The summed E-state index contributed by atoms with van der Waals surface area (Å²) in [6.45, 7) is 1.07. The summed E-state index contributed by atoms with van der Waals surface area (Å²) >= 11 is 0. The highest BCUT2D eigenvalue weighted by atomic mass is 19.2. The molecule has 0 aliphatic carbocycles. The van der Waals surface area contributed by atoms with Gasteiger partial charge in [0.25, 0.3) is 0 Å². The van der Waals surface area contributed by atoms with Crippen molar-refractivity contribution in [2.45, 2.75) is 19.4 Å². The lowest BCUT2D eigenvalue weighted by atomic mass is 10.1. The van der Waals surface area contributed by atoms with Crippen LogP contribution in [-0.2, 0) is 17.8 Å². The van der Waals surface area contributed by atoms with Crippen molar-refractivity contribution in [2.24, 2.45) is 0 Å². The number of nitrogens with one attached hydrogen (secondary N) is 1. The van der Waals surface area contributed by atoms with Gasteiger partial charge in [0, 0.05) is 25.3 Å². The molecule has 0 spiro atoms. The number of ether oxygens (including phenoxy) is 2. The van der Waals surface area contributed by atoms with Crippen molar-refractivity contribution in [2.75, 3.05) is 37.5 Å². The molecule has 1 fully saturated rings. The van der Waals surface area contributed by atoms with Crippen LogP contribution in [0.5, 0.6) is 11.5 Å². The zero-order valence-corrected chi connectivity index (χ0v) is 20.1. The summed E-state index contributed by atoms with van der Waals surface area (Å²) in [5.74, 6) is -0.954. The van der Waals surface area contributed by atoms with E-state index in [1.165, 1.54) is 13.2 Å². The van der Waals surface area contributed by atoms with Gasteiger partial charge in [-0.3, -0.25) is 9.69 Å². The molecule has 7 nitrogen and oxygen atoms in total. The first-order valence-electron chi connectivity index (χ1n) is 11.5. The van der Waals surface area contributed by atoms with E-state index in [1.807, 2.05) is 18.2 Å². The Morgan fingerprint density at radius 3 is 2.53 bits per heavy atom. The van der Waals surface area contributed by atoms with Gasteiger partial charge in [0.05, 0.1) is 26.3 Å². The largest absolute Gasteiger partial charge is 0.497 e. The second-order valence-corrected chi connectivity index (χ2v) is 8.42. The van der Waals surface area contributed by atoms with Gasteiger partial charge in [-0.1, -0.05) is 18.2 Å². The van der Waals surface area contributed by atoms with E-state index in [2.05, 4.69) is 5.32 Å². The molecule has 1 saturated heterocycles. The molecule has 1 aliphatic heterocycles. The smallest absolute Gasteiger partial charge is 0.324 e. The number of nitrogens with zero attached hydrogens (tertiary/aromatic N) is 2. The van der Waals surface area contributed by atoms with Crippen LogP contribution in [0, 0.1) is 11.6 Å². The second-order valence-electron chi connectivity index (χ2n) is 8.42. The maximum absolute atomic E-state index is 13.6. The number of hydrogen-bond acceptors (Lipinski definition) is 4. The second kappa shape index (κ2) is 11.1. The number of methoxy groups -OCH3 is 2. The number of carbonyl (C=O) groups is 2. The van der Waals surface area contributed by atoms with Gasteiger partial charge in [-0.15, -0.1) is 0 Å². The van der Waals surface area contributed by atoms with Crippen molar-refractivity contribution in [1.82, 2.24) is 4.90 Å². The SMILES string of the molecule is COc1cccc(CC(=O)Nc2ccc(OC)c(N3CCCN(Cc4ccc(F)c(F)c4)C3=O)c2)c1. The van der Waals surface area contributed by atoms with E-state index >= 15 is 0 Å². The Morgan fingerprint density at radius 2 is 1.78 bits per heavy atom. The Morgan fingerprint density at radius 1 is 0.944 bits per heavy atom. The van der Waals surface area contributed by atoms with E-state index in [1.54, 1.807) is 41.2 Å². The first-order chi connectivity index (χ1) is 17.4. The molecule has 0 saturated carbocycles. The van der Waals surface area contributed by atoms with Crippen LogP contribution in [0.1, 0.15) is 17.5 Å². The summed E-state index contributed by atoms with van der Waals surface area (Å²) in [7, 11) is 3.08. The molecule has 0 bridgehead atoms. The normalized spacial score (nSPS) is 13.5. The summed E-state index contributed by atoms with van der Waals surface area (Å²) in [6, 6.07) is 15.7. The average Bonchev–Trinajstić information content (AvgIpc) is 2.87. The number of urea groups is 1. The highest BCUT2D eigenvalue weighted by molar-refractivity contribution is 5.97. The molecule has 0 atom stereocenters. The van der Waals surface area contributed by atoms with Crippen LogP contribution in [0.3, 0.4) is 0 Å². The Hall–Kier alpha value is -4.14. The Balaban J connectivity index is 1.50. The molecular formula is C27H27F2N3O4. The van der Waals surface area contributed by atoms with E-state index in [0.717, 1.165) is 17.7 Å². The van der Waals surface area contributed by atoms with Crippen molar-refractivity contribution < 1.29 is 27.8 Å². The van der Waals surface area contributed by atoms with Gasteiger partial charge in [-0.2, -0.15) is 0 Å². The third-order valence-corrected chi connectivity index (χ3v) is 5.92. The third-order valence-electron chi connectivity index (χ3n) is 5.92. The fourth-order valence-corrected chi connectivity index (χ4v) is 4.16. The number of benzene rings is 3. The summed E-state index contributed by atoms with van der Waals surface area (Å²) < 4.78 is 37.6. The maximum atomic E-state index is 13.6. The van der Waals surface area contributed by atoms with E-state index < -0.39 is 11.6 Å².